The monoisotopic (exact) mass is 358 g/mol. The number of amides is 1. The maximum Gasteiger partial charge on any atom is 0.227 e. The molecule has 20 heavy (non-hydrogen) atoms. The van der Waals surface area contributed by atoms with Crippen molar-refractivity contribution in [2.24, 2.45) is 0 Å². The molecule has 0 radical (unpaired) electrons. The highest BCUT2D eigenvalue weighted by molar-refractivity contribution is 9.10. The molecule has 1 aromatic rings. The van der Waals surface area contributed by atoms with Crippen molar-refractivity contribution >= 4 is 33.4 Å². The van der Waals surface area contributed by atoms with Gasteiger partial charge >= 0.3 is 0 Å². The van der Waals surface area contributed by atoms with Gasteiger partial charge in [-0.1, -0.05) is 23.7 Å². The summed E-state index contributed by atoms with van der Waals surface area (Å²) in [5.74, 6) is 0.177. The largest absolute Gasteiger partial charge is 0.340 e. The second-order valence-corrected chi connectivity index (χ2v) is 6.60. The Morgan fingerprint density at radius 1 is 1.30 bits per heavy atom. The maximum atomic E-state index is 12.4. The molecule has 0 atom stereocenters. The van der Waals surface area contributed by atoms with Gasteiger partial charge in [0.25, 0.3) is 0 Å². The molecule has 1 fully saturated rings. The Bertz CT molecular complexity index is 485. The van der Waals surface area contributed by atoms with Crippen molar-refractivity contribution in [2.75, 3.05) is 26.2 Å². The Labute approximate surface area is 134 Å². The highest BCUT2D eigenvalue weighted by Crippen LogP contribution is 2.26. The summed E-state index contributed by atoms with van der Waals surface area (Å²) in [6.07, 6.45) is 0.406. The normalized spacial score (nSPS) is 16.8. The minimum atomic E-state index is 0.177. The summed E-state index contributed by atoms with van der Waals surface area (Å²) in [4.78, 5) is 16.7. The highest BCUT2D eigenvalue weighted by atomic mass is 79.9. The molecule has 0 saturated carbocycles. The zero-order valence-corrected chi connectivity index (χ0v) is 14.2. The maximum absolute atomic E-state index is 12.4. The van der Waals surface area contributed by atoms with Gasteiger partial charge in [0.15, 0.2) is 0 Å². The topological polar surface area (TPSA) is 23.6 Å². The standard InChI is InChI=1S/C15H20BrClN2O/c1-11(2)18-6-8-19(9-7-18)14(20)10-12-4-3-5-13(17)15(12)16/h3-5,11H,6-10H2,1-2H3. The Kier molecular flexibility index (Phi) is 5.47. The third kappa shape index (κ3) is 3.74. The first-order chi connectivity index (χ1) is 9.49. The lowest BCUT2D eigenvalue weighted by atomic mass is 10.1. The minimum absolute atomic E-state index is 0.177. The van der Waals surface area contributed by atoms with Gasteiger partial charge in [0, 0.05) is 36.7 Å². The first-order valence-electron chi connectivity index (χ1n) is 6.93. The Morgan fingerprint density at radius 3 is 2.55 bits per heavy atom. The first kappa shape index (κ1) is 15.8. The lowest BCUT2D eigenvalue weighted by molar-refractivity contribution is -0.132. The van der Waals surface area contributed by atoms with Crippen molar-refractivity contribution in [3.05, 3.63) is 33.3 Å². The van der Waals surface area contributed by atoms with Crippen LogP contribution < -0.4 is 0 Å². The van der Waals surface area contributed by atoms with Crippen molar-refractivity contribution in [1.82, 2.24) is 9.80 Å². The molecule has 1 aliphatic heterocycles. The van der Waals surface area contributed by atoms with E-state index in [1.807, 2.05) is 23.1 Å². The lowest BCUT2D eigenvalue weighted by Crippen LogP contribution is -2.51. The zero-order valence-electron chi connectivity index (χ0n) is 11.9. The van der Waals surface area contributed by atoms with E-state index in [9.17, 15) is 4.79 Å². The molecule has 1 amide bonds. The lowest BCUT2D eigenvalue weighted by Gasteiger charge is -2.37. The van der Waals surface area contributed by atoms with Crippen LogP contribution in [0.15, 0.2) is 22.7 Å². The molecule has 0 aliphatic carbocycles. The van der Waals surface area contributed by atoms with Crippen molar-refractivity contribution in [3.63, 3.8) is 0 Å². The molecule has 0 bridgehead atoms. The van der Waals surface area contributed by atoms with E-state index in [2.05, 4.69) is 34.7 Å². The van der Waals surface area contributed by atoms with Crippen LogP contribution in [0.2, 0.25) is 5.02 Å². The fourth-order valence-corrected chi connectivity index (χ4v) is 3.05. The van der Waals surface area contributed by atoms with E-state index in [4.69, 9.17) is 11.6 Å². The summed E-state index contributed by atoms with van der Waals surface area (Å²) in [7, 11) is 0. The second kappa shape index (κ2) is 6.92. The average Bonchev–Trinajstić information content (AvgIpc) is 2.44. The van der Waals surface area contributed by atoms with Crippen molar-refractivity contribution in [3.8, 4) is 0 Å². The van der Waals surface area contributed by atoms with Crippen LogP contribution in [0.25, 0.3) is 0 Å². The van der Waals surface area contributed by atoms with E-state index >= 15 is 0 Å². The molecular formula is C15H20BrClN2O. The molecule has 1 aliphatic rings. The number of nitrogens with zero attached hydrogens (tertiary/aromatic N) is 2. The van der Waals surface area contributed by atoms with Gasteiger partial charge in [0.1, 0.15) is 0 Å². The zero-order chi connectivity index (χ0) is 14.7. The number of hydrogen-bond donors (Lipinski definition) is 0. The third-order valence-corrected chi connectivity index (χ3v) is 5.25. The van der Waals surface area contributed by atoms with Gasteiger partial charge in [-0.25, -0.2) is 0 Å². The number of carbonyl (C=O) groups is 1. The molecule has 0 N–H and O–H groups in total. The molecule has 1 aromatic carbocycles. The summed E-state index contributed by atoms with van der Waals surface area (Å²) in [6, 6.07) is 6.19. The van der Waals surface area contributed by atoms with Crippen LogP contribution in [-0.4, -0.2) is 47.9 Å². The van der Waals surface area contributed by atoms with E-state index in [1.54, 1.807) is 0 Å². The fraction of sp³-hybridized carbons (Fsp3) is 0.533. The molecule has 3 nitrogen and oxygen atoms in total. The highest BCUT2D eigenvalue weighted by Gasteiger charge is 2.22. The Balaban J connectivity index is 1.95. The summed E-state index contributed by atoms with van der Waals surface area (Å²) in [5, 5.41) is 0.653. The van der Waals surface area contributed by atoms with Crippen LogP contribution in [-0.2, 0) is 11.2 Å². The number of piperazine rings is 1. The van der Waals surface area contributed by atoms with Gasteiger partial charge in [0.2, 0.25) is 5.91 Å². The predicted molar refractivity (Wildman–Crippen MR) is 86.1 cm³/mol. The first-order valence-corrected chi connectivity index (χ1v) is 8.11. The van der Waals surface area contributed by atoms with Gasteiger partial charge in [0.05, 0.1) is 11.4 Å². The summed E-state index contributed by atoms with van der Waals surface area (Å²) in [6.45, 7) is 7.94. The van der Waals surface area contributed by atoms with E-state index in [1.165, 1.54) is 0 Å². The van der Waals surface area contributed by atoms with Crippen LogP contribution in [0, 0.1) is 0 Å². The SMILES string of the molecule is CC(C)N1CCN(C(=O)Cc2cccc(Cl)c2Br)CC1. The van der Waals surface area contributed by atoms with Gasteiger partial charge < -0.3 is 4.90 Å². The Hall–Kier alpha value is -0.580. The van der Waals surface area contributed by atoms with Crippen molar-refractivity contribution < 1.29 is 4.79 Å². The van der Waals surface area contributed by atoms with Crippen LogP contribution >= 0.6 is 27.5 Å². The van der Waals surface area contributed by atoms with Crippen molar-refractivity contribution in [1.29, 1.82) is 0 Å². The van der Waals surface area contributed by atoms with Crippen LogP contribution in [0.4, 0.5) is 0 Å². The summed E-state index contributed by atoms with van der Waals surface area (Å²) < 4.78 is 0.829. The van der Waals surface area contributed by atoms with Crippen molar-refractivity contribution in [2.45, 2.75) is 26.3 Å². The second-order valence-electron chi connectivity index (χ2n) is 5.40. The number of carbonyl (C=O) groups excluding carboxylic acids is 1. The van der Waals surface area contributed by atoms with E-state index in [0.29, 0.717) is 17.5 Å². The predicted octanol–water partition coefficient (Wildman–Crippen LogP) is 3.20. The quantitative estimate of drug-likeness (QED) is 0.827. The number of hydrogen-bond acceptors (Lipinski definition) is 2. The molecule has 0 aromatic heterocycles. The minimum Gasteiger partial charge on any atom is -0.340 e. The van der Waals surface area contributed by atoms with Gasteiger partial charge in [-0.3, -0.25) is 9.69 Å². The average molecular weight is 360 g/mol. The fourth-order valence-electron chi connectivity index (χ4n) is 2.45. The molecule has 110 valence electrons. The summed E-state index contributed by atoms with van der Waals surface area (Å²) in [5.41, 5.74) is 0.953. The van der Waals surface area contributed by atoms with Gasteiger partial charge in [-0.2, -0.15) is 0 Å². The number of halogens is 2. The number of rotatable bonds is 3. The smallest absolute Gasteiger partial charge is 0.227 e. The third-order valence-electron chi connectivity index (χ3n) is 3.77. The molecular weight excluding hydrogens is 340 g/mol. The van der Waals surface area contributed by atoms with Crippen LogP contribution in [0.3, 0.4) is 0 Å². The van der Waals surface area contributed by atoms with Gasteiger partial charge in [-0.15, -0.1) is 0 Å². The Morgan fingerprint density at radius 2 is 1.95 bits per heavy atom. The molecule has 1 saturated heterocycles. The molecule has 2 rings (SSSR count). The van der Waals surface area contributed by atoms with E-state index in [-0.39, 0.29) is 5.91 Å². The number of benzene rings is 1. The van der Waals surface area contributed by atoms with E-state index < -0.39 is 0 Å². The van der Waals surface area contributed by atoms with Crippen LogP contribution in [0.5, 0.6) is 0 Å². The molecule has 0 unspecified atom stereocenters. The molecule has 1 heterocycles. The van der Waals surface area contributed by atoms with Crippen LogP contribution in [0.1, 0.15) is 19.4 Å². The van der Waals surface area contributed by atoms with Gasteiger partial charge in [-0.05, 0) is 41.4 Å². The summed E-state index contributed by atoms with van der Waals surface area (Å²) >= 11 is 9.51. The molecule has 0 spiro atoms. The van der Waals surface area contributed by atoms with E-state index in [0.717, 1.165) is 36.2 Å². The molecule has 5 heteroatoms.